The number of hydrogen-bond donors (Lipinski definition) is 0. The summed E-state index contributed by atoms with van der Waals surface area (Å²) in [6.07, 6.45) is 0.113. The largest absolute Gasteiger partial charge is 0.459 e. The normalized spacial score (nSPS) is 19.0. The van der Waals surface area contributed by atoms with Gasteiger partial charge in [-0.3, -0.25) is 4.79 Å². The number of aromatic nitrogens is 1. The maximum Gasteiger partial charge on any atom is 0.338 e. The minimum Gasteiger partial charge on any atom is -0.459 e. The molecule has 0 spiro atoms. The number of benzene rings is 2. The van der Waals surface area contributed by atoms with E-state index in [2.05, 4.69) is 0 Å². The molecule has 5 rings (SSSR count). The molecule has 0 N–H and O–H groups in total. The Morgan fingerprint density at radius 2 is 1.49 bits per heavy atom. The maximum atomic E-state index is 12.9. The van der Waals surface area contributed by atoms with Gasteiger partial charge in [0.1, 0.15) is 25.0 Å². The van der Waals surface area contributed by atoms with Crippen LogP contribution in [-0.4, -0.2) is 35.3 Å². The second kappa shape index (κ2) is 10.4. The lowest BCUT2D eigenvalue weighted by molar-refractivity contribution is -0.0561. The molecule has 2 heterocycles. The number of hydrogen-bond acceptors (Lipinski definition) is 6. The third-order valence-electron chi connectivity index (χ3n) is 6.52. The molecule has 0 saturated carbocycles. The van der Waals surface area contributed by atoms with E-state index in [1.807, 2.05) is 56.3 Å². The van der Waals surface area contributed by atoms with Gasteiger partial charge in [-0.2, -0.15) is 0 Å². The van der Waals surface area contributed by atoms with Crippen molar-refractivity contribution in [2.24, 2.45) is 0 Å². The number of carbonyl (C=O) groups is 2. The van der Waals surface area contributed by atoms with Crippen molar-refractivity contribution < 1.29 is 23.8 Å². The van der Waals surface area contributed by atoms with E-state index in [0.717, 1.165) is 16.5 Å². The molecule has 3 aromatic carbocycles. The van der Waals surface area contributed by atoms with Crippen molar-refractivity contribution in [3.63, 3.8) is 0 Å². The number of carbonyl (C=O) groups excluding carboxylic acids is 2. The number of aryl methyl sites for hydroxylation is 2. The summed E-state index contributed by atoms with van der Waals surface area (Å²) in [4.78, 5) is 38.3. The molecule has 188 valence electrons. The molecule has 0 unspecified atom stereocenters. The monoisotopic (exact) mass is 497 g/mol. The first kappa shape index (κ1) is 24.5. The predicted octanol–water partition coefficient (Wildman–Crippen LogP) is 4.99. The summed E-state index contributed by atoms with van der Waals surface area (Å²) in [7, 11) is 0. The first-order valence-electron chi connectivity index (χ1n) is 12.2. The molecule has 0 radical (unpaired) electrons. The first-order chi connectivity index (χ1) is 17.9. The molecule has 0 aliphatic carbocycles. The first-order valence-corrected chi connectivity index (χ1v) is 12.2. The van der Waals surface area contributed by atoms with Gasteiger partial charge < -0.3 is 18.8 Å². The van der Waals surface area contributed by atoms with Gasteiger partial charge in [-0.15, -0.1) is 0 Å². The Morgan fingerprint density at radius 1 is 0.865 bits per heavy atom. The molecule has 1 aromatic heterocycles. The van der Waals surface area contributed by atoms with Crippen molar-refractivity contribution in [3.05, 3.63) is 118 Å². The summed E-state index contributed by atoms with van der Waals surface area (Å²) >= 11 is 0. The van der Waals surface area contributed by atoms with Crippen LogP contribution in [0.4, 0.5) is 0 Å². The zero-order chi connectivity index (χ0) is 25.9. The van der Waals surface area contributed by atoms with E-state index in [1.165, 1.54) is 6.07 Å². The van der Waals surface area contributed by atoms with Crippen LogP contribution in [0.2, 0.25) is 0 Å². The molecule has 1 aliphatic rings. The SMILES string of the molecule is Cc1ccc(C(=O)OC[C@H]2O[C@@H](n3ccc4ccccc(=O)c43)C[C@@H]2OC(=O)c2ccc(C)cc2)cc1. The molecule has 4 aromatic rings. The Balaban J connectivity index is 1.38. The fraction of sp³-hybridized carbons (Fsp3) is 0.233. The van der Waals surface area contributed by atoms with Crippen LogP contribution in [0.3, 0.4) is 0 Å². The van der Waals surface area contributed by atoms with Gasteiger partial charge in [-0.05, 0) is 50.2 Å². The van der Waals surface area contributed by atoms with Crippen LogP contribution < -0.4 is 5.43 Å². The van der Waals surface area contributed by atoms with E-state index >= 15 is 0 Å². The summed E-state index contributed by atoms with van der Waals surface area (Å²) in [5.41, 5.74) is 3.26. The Kier molecular flexibility index (Phi) is 6.88. The van der Waals surface area contributed by atoms with Crippen LogP contribution in [-0.2, 0) is 14.2 Å². The topological polar surface area (TPSA) is 83.8 Å². The number of ether oxygens (including phenoxy) is 3. The smallest absolute Gasteiger partial charge is 0.338 e. The highest BCUT2D eigenvalue weighted by Gasteiger charge is 2.40. The van der Waals surface area contributed by atoms with Crippen molar-refractivity contribution in [2.45, 2.75) is 38.7 Å². The highest BCUT2D eigenvalue weighted by atomic mass is 16.6. The molecule has 7 heteroatoms. The molecular formula is C30H27NO6. The number of esters is 2. The van der Waals surface area contributed by atoms with E-state index in [9.17, 15) is 14.4 Å². The third-order valence-corrected chi connectivity index (χ3v) is 6.52. The summed E-state index contributed by atoms with van der Waals surface area (Å²) in [5.74, 6) is -0.978. The van der Waals surface area contributed by atoms with E-state index in [-0.39, 0.29) is 12.0 Å². The quantitative estimate of drug-likeness (QED) is 0.349. The Bertz CT molecular complexity index is 1490. The summed E-state index contributed by atoms with van der Waals surface area (Å²) in [6, 6.07) is 22.9. The van der Waals surface area contributed by atoms with Gasteiger partial charge in [0.25, 0.3) is 0 Å². The van der Waals surface area contributed by atoms with Gasteiger partial charge in [0.05, 0.1) is 16.6 Å². The fourth-order valence-electron chi connectivity index (χ4n) is 4.46. The molecule has 0 amide bonds. The molecular weight excluding hydrogens is 470 g/mol. The minimum atomic E-state index is -0.709. The highest BCUT2D eigenvalue weighted by molar-refractivity contribution is 5.90. The van der Waals surface area contributed by atoms with E-state index in [0.29, 0.717) is 23.1 Å². The standard InChI is InChI=1S/C30H27NO6/c1-19-7-11-22(12-8-19)29(33)35-18-26-25(37-30(34)23-13-9-20(2)10-14-23)17-27(36-26)31-16-15-21-5-3-4-6-24(32)28(21)31/h3-16,25-27H,17-18H2,1-2H3/t25-,26+,27+/m0/s1. The van der Waals surface area contributed by atoms with Gasteiger partial charge in [-0.25, -0.2) is 9.59 Å². The molecule has 1 saturated heterocycles. The lowest BCUT2D eigenvalue weighted by Gasteiger charge is -2.19. The lowest BCUT2D eigenvalue weighted by Crippen LogP contribution is -2.32. The van der Waals surface area contributed by atoms with Crippen molar-refractivity contribution in [3.8, 4) is 0 Å². The van der Waals surface area contributed by atoms with E-state index < -0.39 is 30.4 Å². The lowest BCUT2D eigenvalue weighted by atomic mass is 10.1. The summed E-state index contributed by atoms with van der Waals surface area (Å²) < 4.78 is 19.4. The zero-order valence-electron chi connectivity index (χ0n) is 20.6. The van der Waals surface area contributed by atoms with Crippen LogP contribution in [0, 0.1) is 13.8 Å². The van der Waals surface area contributed by atoms with Crippen molar-refractivity contribution in [1.82, 2.24) is 4.57 Å². The maximum absolute atomic E-state index is 12.9. The number of fused-ring (bicyclic) bond motifs is 1. The Morgan fingerprint density at radius 3 is 2.16 bits per heavy atom. The fourth-order valence-corrected chi connectivity index (χ4v) is 4.46. The van der Waals surface area contributed by atoms with Crippen LogP contribution in [0.5, 0.6) is 0 Å². The number of nitrogens with zero attached hydrogens (tertiary/aromatic N) is 1. The predicted molar refractivity (Wildman–Crippen MR) is 139 cm³/mol. The Labute approximate surface area is 214 Å². The van der Waals surface area contributed by atoms with Gasteiger partial charge in [-0.1, -0.05) is 53.6 Å². The van der Waals surface area contributed by atoms with Gasteiger partial charge in [0.2, 0.25) is 5.43 Å². The van der Waals surface area contributed by atoms with E-state index in [1.54, 1.807) is 41.1 Å². The van der Waals surface area contributed by atoms with Gasteiger partial charge in [0.15, 0.2) is 0 Å². The molecule has 1 fully saturated rings. The van der Waals surface area contributed by atoms with E-state index in [4.69, 9.17) is 14.2 Å². The molecule has 7 nitrogen and oxygen atoms in total. The molecule has 3 atom stereocenters. The zero-order valence-corrected chi connectivity index (χ0v) is 20.6. The average Bonchev–Trinajstić information content (AvgIpc) is 3.44. The average molecular weight is 498 g/mol. The van der Waals surface area contributed by atoms with Gasteiger partial charge >= 0.3 is 11.9 Å². The van der Waals surface area contributed by atoms with Crippen LogP contribution in [0.1, 0.15) is 44.5 Å². The summed E-state index contributed by atoms with van der Waals surface area (Å²) in [6.45, 7) is 3.77. The molecule has 37 heavy (non-hydrogen) atoms. The second-order valence-corrected chi connectivity index (χ2v) is 9.25. The van der Waals surface area contributed by atoms with Crippen LogP contribution in [0.25, 0.3) is 10.9 Å². The number of rotatable bonds is 6. The summed E-state index contributed by atoms with van der Waals surface area (Å²) in [5, 5.41) is 0.779. The van der Waals surface area contributed by atoms with Crippen molar-refractivity contribution in [2.75, 3.05) is 6.61 Å². The van der Waals surface area contributed by atoms with Crippen molar-refractivity contribution >= 4 is 22.8 Å². The molecule has 0 bridgehead atoms. The highest BCUT2D eigenvalue weighted by Crippen LogP contribution is 2.33. The molecule has 1 aliphatic heterocycles. The minimum absolute atomic E-state index is 0.105. The Hall–Kier alpha value is -4.23. The van der Waals surface area contributed by atoms with Crippen LogP contribution >= 0.6 is 0 Å². The third kappa shape index (κ3) is 5.32. The second-order valence-electron chi connectivity index (χ2n) is 9.25. The van der Waals surface area contributed by atoms with Gasteiger partial charge in [0, 0.05) is 18.0 Å². The van der Waals surface area contributed by atoms with Crippen LogP contribution in [0.15, 0.2) is 89.9 Å². The van der Waals surface area contributed by atoms with Crippen molar-refractivity contribution in [1.29, 1.82) is 0 Å².